The predicted octanol–water partition coefficient (Wildman–Crippen LogP) is 6.66. The lowest BCUT2D eigenvalue weighted by molar-refractivity contribution is -0.0942. The minimum Gasteiger partial charge on any atom is -0.393 e. The number of thiophene rings is 1. The van der Waals surface area contributed by atoms with Crippen LogP contribution in [0.25, 0.3) is 31.3 Å². The first kappa shape index (κ1) is 28.1. The first-order chi connectivity index (χ1) is 18.9. The van der Waals surface area contributed by atoms with Gasteiger partial charge in [0.25, 0.3) is 11.8 Å². The van der Waals surface area contributed by atoms with E-state index in [-0.39, 0.29) is 35.0 Å². The molecule has 5 nitrogen and oxygen atoms in total. The number of aryl methyl sites for hydroxylation is 2. The van der Waals surface area contributed by atoms with Gasteiger partial charge in [0.2, 0.25) is 0 Å². The van der Waals surface area contributed by atoms with Crippen LogP contribution in [-0.2, 0) is 4.74 Å². The number of fused-ring (bicyclic) bond motifs is 5. The number of carbonyl (C=O) groups is 2. The van der Waals surface area contributed by atoms with Gasteiger partial charge in [-0.15, -0.1) is 11.3 Å². The fourth-order valence-electron chi connectivity index (χ4n) is 5.41. The number of hydrogen-bond donors (Lipinski definition) is 2. The van der Waals surface area contributed by atoms with E-state index in [1.54, 1.807) is 13.8 Å². The molecular weight excluding hydrogens is 553 g/mol. The fourth-order valence-corrected chi connectivity index (χ4v) is 6.63. The van der Waals surface area contributed by atoms with Crippen LogP contribution in [0.1, 0.15) is 51.6 Å². The molecule has 3 heterocycles. The highest BCUT2D eigenvalue weighted by molar-refractivity contribution is 7.26. The molecule has 3 unspecified atom stereocenters. The molecule has 40 heavy (non-hydrogen) atoms. The highest BCUT2D eigenvalue weighted by Gasteiger charge is 2.36. The number of aliphatic hydroxyl groups excluding tert-OH is 1. The Kier molecular flexibility index (Phi) is 7.41. The van der Waals surface area contributed by atoms with Crippen molar-refractivity contribution in [3.05, 3.63) is 69.8 Å². The lowest BCUT2D eigenvalue weighted by Gasteiger charge is -2.29. The van der Waals surface area contributed by atoms with E-state index in [1.165, 1.54) is 0 Å². The topological polar surface area (TPSA) is 75.6 Å². The number of nitrogens with one attached hydrogen (secondary N) is 1. The molecule has 210 valence electrons. The summed E-state index contributed by atoms with van der Waals surface area (Å²) in [6, 6.07) is 4.05. The summed E-state index contributed by atoms with van der Waals surface area (Å²) in [4.78, 5) is 25.3. The smallest absolute Gasteiger partial charge is 0.259 e. The van der Waals surface area contributed by atoms with Gasteiger partial charge in [-0.3, -0.25) is 14.9 Å². The molecule has 2 aliphatic heterocycles. The van der Waals surface area contributed by atoms with Gasteiger partial charge in [-0.1, -0.05) is 0 Å². The van der Waals surface area contributed by atoms with Crippen LogP contribution in [-0.4, -0.2) is 41.9 Å². The first-order valence-electron chi connectivity index (χ1n) is 12.5. The lowest BCUT2D eigenvalue weighted by atomic mass is 9.87. The number of halogens is 5. The Labute approximate surface area is 229 Å². The van der Waals surface area contributed by atoms with Gasteiger partial charge < -0.3 is 9.84 Å². The Hall–Kier alpha value is -3.41. The van der Waals surface area contributed by atoms with Crippen LogP contribution in [0, 0.1) is 37.1 Å². The van der Waals surface area contributed by atoms with Gasteiger partial charge in [-0.25, -0.2) is 22.0 Å². The van der Waals surface area contributed by atoms with Gasteiger partial charge >= 0.3 is 0 Å². The zero-order valence-electron chi connectivity index (χ0n) is 21.6. The van der Waals surface area contributed by atoms with Crippen LogP contribution in [0.15, 0.2) is 24.3 Å². The van der Waals surface area contributed by atoms with Crippen LogP contribution in [0.3, 0.4) is 0 Å². The number of rotatable bonds is 2. The SMILES string of the molecule is CC1CC(O)CC(CF)O1.Cc1cc(F)c(F)cc1-c1c2c(c3c(sc4cc(F)c(F)cc43)c1C)C(=O)NC2=O. The van der Waals surface area contributed by atoms with Crippen LogP contribution >= 0.6 is 11.3 Å². The molecule has 1 aromatic heterocycles. The fraction of sp³-hybridized carbons (Fsp3) is 0.310. The van der Waals surface area contributed by atoms with Crippen LogP contribution in [0.5, 0.6) is 0 Å². The highest BCUT2D eigenvalue weighted by atomic mass is 32.1. The van der Waals surface area contributed by atoms with Gasteiger partial charge in [-0.05, 0) is 73.7 Å². The van der Waals surface area contributed by atoms with Crippen molar-refractivity contribution < 1.29 is 41.4 Å². The summed E-state index contributed by atoms with van der Waals surface area (Å²) < 4.78 is 73.6. The van der Waals surface area contributed by atoms with Crippen molar-refractivity contribution in [2.24, 2.45) is 0 Å². The average molecular weight is 578 g/mol. The predicted molar refractivity (Wildman–Crippen MR) is 141 cm³/mol. The number of imide groups is 1. The van der Waals surface area contributed by atoms with E-state index in [1.807, 2.05) is 6.92 Å². The van der Waals surface area contributed by atoms with E-state index in [9.17, 15) is 31.5 Å². The van der Waals surface area contributed by atoms with Crippen molar-refractivity contribution in [3.8, 4) is 11.1 Å². The number of alkyl halides is 1. The van der Waals surface area contributed by atoms with Gasteiger partial charge in [0, 0.05) is 26.6 Å². The highest BCUT2D eigenvalue weighted by Crippen LogP contribution is 2.46. The van der Waals surface area contributed by atoms with Crippen molar-refractivity contribution in [2.45, 2.75) is 51.9 Å². The minimum absolute atomic E-state index is 0.00417. The van der Waals surface area contributed by atoms with Gasteiger partial charge in [0.15, 0.2) is 23.3 Å². The molecule has 2 amide bonds. The van der Waals surface area contributed by atoms with Gasteiger partial charge in [0.1, 0.15) is 6.67 Å². The van der Waals surface area contributed by atoms with E-state index in [4.69, 9.17) is 9.84 Å². The van der Waals surface area contributed by atoms with Crippen molar-refractivity contribution >= 4 is 43.3 Å². The standard InChI is InChI=1S/C22H11F4NO2S.C7H13FO2/c1-7-3-11(23)12(24)4-9(7)16-8(2)20-17(19-18(16)21(28)27-22(19)29)10-5-13(25)14(26)6-15(10)30-20;1-5-2-6(9)3-7(4-8)10-5/h3-6H,1-2H3,(H,27,28,29);5-7,9H,2-4H2,1H3. The summed E-state index contributed by atoms with van der Waals surface area (Å²) >= 11 is 1.14. The third-order valence-corrected chi connectivity index (χ3v) is 8.42. The van der Waals surface area contributed by atoms with E-state index in [2.05, 4.69) is 5.32 Å². The summed E-state index contributed by atoms with van der Waals surface area (Å²) in [5.41, 5.74) is 1.52. The summed E-state index contributed by atoms with van der Waals surface area (Å²) in [6.07, 6.45) is 0.338. The zero-order valence-corrected chi connectivity index (χ0v) is 22.4. The Morgan fingerprint density at radius 1 is 0.925 bits per heavy atom. The quantitative estimate of drug-likeness (QED) is 0.206. The number of carbonyl (C=O) groups excluding carboxylic acids is 2. The Morgan fingerprint density at radius 3 is 2.23 bits per heavy atom. The Bertz CT molecular complexity index is 1690. The van der Waals surface area contributed by atoms with Crippen LogP contribution in [0.4, 0.5) is 22.0 Å². The van der Waals surface area contributed by atoms with Crippen molar-refractivity contribution in [1.82, 2.24) is 5.32 Å². The third-order valence-electron chi connectivity index (χ3n) is 7.15. The molecule has 4 aromatic rings. The van der Waals surface area contributed by atoms with E-state index in [0.717, 1.165) is 35.6 Å². The van der Waals surface area contributed by atoms with E-state index < -0.39 is 41.8 Å². The van der Waals surface area contributed by atoms with Crippen molar-refractivity contribution in [3.63, 3.8) is 0 Å². The summed E-state index contributed by atoms with van der Waals surface area (Å²) in [6.45, 7) is 4.61. The van der Waals surface area contributed by atoms with Gasteiger partial charge in [-0.2, -0.15) is 0 Å². The number of ether oxygens (including phenoxy) is 1. The molecule has 0 spiro atoms. The molecule has 0 bridgehead atoms. The second-order valence-electron chi connectivity index (χ2n) is 10.0. The van der Waals surface area contributed by atoms with Crippen LogP contribution in [0.2, 0.25) is 0 Å². The molecule has 3 aromatic carbocycles. The molecule has 11 heteroatoms. The maximum absolute atomic E-state index is 14.0. The maximum atomic E-state index is 14.0. The lowest BCUT2D eigenvalue weighted by Crippen LogP contribution is -2.35. The molecule has 1 saturated heterocycles. The van der Waals surface area contributed by atoms with E-state index >= 15 is 0 Å². The normalized spacial score (nSPS) is 20.5. The third kappa shape index (κ3) is 4.76. The van der Waals surface area contributed by atoms with Crippen molar-refractivity contribution in [2.75, 3.05) is 6.67 Å². The molecule has 3 atom stereocenters. The molecule has 0 saturated carbocycles. The largest absolute Gasteiger partial charge is 0.393 e. The van der Waals surface area contributed by atoms with Crippen molar-refractivity contribution in [1.29, 1.82) is 0 Å². The molecule has 6 rings (SSSR count). The number of hydrogen-bond acceptors (Lipinski definition) is 5. The molecule has 2 N–H and O–H groups in total. The number of amides is 2. The number of aliphatic hydroxyl groups is 1. The maximum Gasteiger partial charge on any atom is 0.259 e. The molecule has 0 radical (unpaired) electrons. The Balaban J connectivity index is 0.000000274. The average Bonchev–Trinajstić information content (AvgIpc) is 3.38. The Morgan fingerprint density at radius 2 is 1.55 bits per heavy atom. The molecule has 0 aliphatic carbocycles. The second kappa shape index (κ2) is 10.5. The summed E-state index contributed by atoms with van der Waals surface area (Å²) in [5.74, 6) is -5.57. The molecule has 1 fully saturated rings. The monoisotopic (exact) mass is 577 g/mol. The first-order valence-corrected chi connectivity index (χ1v) is 13.3. The summed E-state index contributed by atoms with van der Waals surface area (Å²) in [5, 5.41) is 12.0. The number of benzene rings is 3. The van der Waals surface area contributed by atoms with Gasteiger partial charge in [0.05, 0.1) is 29.4 Å². The van der Waals surface area contributed by atoms with E-state index in [0.29, 0.717) is 49.7 Å². The zero-order chi connectivity index (χ0) is 29.0. The molecule has 2 aliphatic rings. The minimum atomic E-state index is -1.09. The summed E-state index contributed by atoms with van der Waals surface area (Å²) in [7, 11) is 0. The molecular formula is C29H24F5NO4S. The second-order valence-corrected chi connectivity index (χ2v) is 11.1. The van der Waals surface area contributed by atoms with Crippen LogP contribution < -0.4 is 5.32 Å².